The Kier molecular flexibility index (Phi) is 8.23. The summed E-state index contributed by atoms with van der Waals surface area (Å²) < 4.78 is 44.7. The van der Waals surface area contributed by atoms with E-state index in [2.05, 4.69) is 4.98 Å². The molecule has 1 aromatic carbocycles. The van der Waals surface area contributed by atoms with Gasteiger partial charge in [-0.15, -0.1) is 0 Å². The Morgan fingerprint density at radius 3 is 2.32 bits per heavy atom. The van der Waals surface area contributed by atoms with Crippen molar-refractivity contribution in [3.05, 3.63) is 57.7 Å². The summed E-state index contributed by atoms with van der Waals surface area (Å²) in [6.07, 6.45) is -2.97. The predicted molar refractivity (Wildman–Crippen MR) is 134 cm³/mol. The number of hydrogen-bond acceptors (Lipinski definition) is 4. The number of halogens is 5. The van der Waals surface area contributed by atoms with Gasteiger partial charge >= 0.3 is 6.18 Å². The minimum atomic E-state index is -4.48. The van der Waals surface area contributed by atoms with Crippen LogP contribution in [0.3, 0.4) is 0 Å². The monoisotopic (exact) mass is 557 g/mol. The molecule has 2 aromatic rings. The molecule has 6 nitrogen and oxygen atoms in total. The summed E-state index contributed by atoms with van der Waals surface area (Å²) in [5.41, 5.74) is 0.0478. The first kappa shape index (κ1) is 27.5. The summed E-state index contributed by atoms with van der Waals surface area (Å²) in [7, 11) is 0. The van der Waals surface area contributed by atoms with Gasteiger partial charge in [0.25, 0.3) is 0 Å². The van der Waals surface area contributed by atoms with Crippen LogP contribution in [0.1, 0.15) is 43.7 Å². The van der Waals surface area contributed by atoms with E-state index >= 15 is 0 Å². The Bertz CT molecular complexity index is 1140. The summed E-state index contributed by atoms with van der Waals surface area (Å²) >= 11 is 12.4. The van der Waals surface area contributed by atoms with E-state index in [4.69, 9.17) is 27.9 Å². The largest absolute Gasteiger partial charge is 0.474 e. The van der Waals surface area contributed by atoms with Crippen LogP contribution >= 0.6 is 23.2 Å². The minimum absolute atomic E-state index is 0.00895. The Balaban J connectivity index is 1.52. The van der Waals surface area contributed by atoms with Crippen molar-refractivity contribution < 1.29 is 27.5 Å². The molecular formula is C26H28Cl2F3N3O3. The first-order chi connectivity index (χ1) is 17.4. The van der Waals surface area contributed by atoms with Gasteiger partial charge in [-0.25, -0.2) is 4.98 Å². The molecule has 0 radical (unpaired) electrons. The lowest BCUT2D eigenvalue weighted by atomic mass is 9.86. The van der Waals surface area contributed by atoms with Crippen LogP contribution in [0.15, 0.2) is 36.5 Å². The van der Waals surface area contributed by atoms with Gasteiger partial charge in [0.2, 0.25) is 17.7 Å². The first-order valence-electron chi connectivity index (χ1n) is 12.1. The zero-order chi connectivity index (χ0) is 26.9. The summed E-state index contributed by atoms with van der Waals surface area (Å²) in [4.78, 5) is 32.5. The van der Waals surface area contributed by atoms with Gasteiger partial charge in [0, 0.05) is 63.1 Å². The molecule has 0 spiro atoms. The lowest BCUT2D eigenvalue weighted by molar-refractivity contribution is -0.139. The van der Waals surface area contributed by atoms with Crippen LogP contribution in [0.5, 0.6) is 5.88 Å². The molecule has 0 N–H and O–H groups in total. The maximum atomic E-state index is 13.4. The highest BCUT2D eigenvalue weighted by Crippen LogP contribution is 2.39. The van der Waals surface area contributed by atoms with Crippen LogP contribution in [-0.2, 0) is 15.8 Å². The molecule has 200 valence electrons. The third kappa shape index (κ3) is 6.32. The molecular weight excluding hydrogens is 530 g/mol. The van der Waals surface area contributed by atoms with Crippen molar-refractivity contribution in [3.8, 4) is 5.88 Å². The molecule has 11 heteroatoms. The molecule has 2 saturated heterocycles. The molecule has 0 saturated carbocycles. The number of ether oxygens (including phenoxy) is 1. The SMILES string of the molecule is CC(=O)N1CCC(C(=O)N2CC(c3ccc(Cl)c(Cl)c3)C(C(C)Oc3ccc(C(F)(F)F)cn3)C2)CC1. The van der Waals surface area contributed by atoms with Crippen molar-refractivity contribution in [2.75, 3.05) is 26.2 Å². The number of benzene rings is 1. The quantitative estimate of drug-likeness (QED) is 0.474. The van der Waals surface area contributed by atoms with Gasteiger partial charge in [0.15, 0.2) is 0 Å². The fourth-order valence-corrected chi connectivity index (χ4v) is 5.48. The molecule has 2 amide bonds. The zero-order valence-corrected chi connectivity index (χ0v) is 22.0. The highest BCUT2D eigenvalue weighted by Gasteiger charge is 2.42. The van der Waals surface area contributed by atoms with Crippen molar-refractivity contribution in [1.82, 2.24) is 14.8 Å². The highest BCUT2D eigenvalue weighted by atomic mass is 35.5. The molecule has 2 fully saturated rings. The van der Waals surface area contributed by atoms with Crippen molar-refractivity contribution in [1.29, 1.82) is 0 Å². The summed E-state index contributed by atoms with van der Waals surface area (Å²) in [5, 5.41) is 0.820. The number of rotatable bonds is 5. The smallest absolute Gasteiger partial charge is 0.417 e. The van der Waals surface area contributed by atoms with Crippen molar-refractivity contribution in [2.45, 2.75) is 44.9 Å². The molecule has 3 unspecified atom stereocenters. The Labute approximate surface area is 223 Å². The predicted octanol–water partition coefficient (Wildman–Crippen LogP) is 5.68. The number of likely N-dealkylation sites (tertiary alicyclic amines) is 2. The lowest BCUT2D eigenvalue weighted by Crippen LogP contribution is -2.43. The fraction of sp³-hybridized carbons (Fsp3) is 0.500. The molecule has 1 aromatic heterocycles. The Morgan fingerprint density at radius 1 is 1.05 bits per heavy atom. The first-order valence-corrected chi connectivity index (χ1v) is 12.9. The third-order valence-corrected chi connectivity index (χ3v) is 8.05. The van der Waals surface area contributed by atoms with E-state index in [-0.39, 0.29) is 35.4 Å². The average molecular weight is 558 g/mol. The topological polar surface area (TPSA) is 62.7 Å². The summed E-state index contributed by atoms with van der Waals surface area (Å²) in [6.45, 7) is 5.33. The van der Waals surface area contributed by atoms with E-state index in [1.54, 1.807) is 17.0 Å². The number of pyridine rings is 1. The van der Waals surface area contributed by atoms with Crippen LogP contribution in [0, 0.1) is 11.8 Å². The molecule has 4 rings (SSSR count). The van der Waals surface area contributed by atoms with Gasteiger partial charge in [-0.2, -0.15) is 13.2 Å². The van der Waals surface area contributed by atoms with Gasteiger partial charge in [0.1, 0.15) is 6.10 Å². The Hall–Kier alpha value is -2.52. The van der Waals surface area contributed by atoms with Gasteiger partial charge in [-0.1, -0.05) is 29.3 Å². The maximum Gasteiger partial charge on any atom is 0.417 e. The van der Waals surface area contributed by atoms with Crippen molar-refractivity contribution in [3.63, 3.8) is 0 Å². The number of nitrogens with zero attached hydrogens (tertiary/aromatic N) is 3. The molecule has 0 bridgehead atoms. The number of hydrogen-bond donors (Lipinski definition) is 0. The molecule has 37 heavy (non-hydrogen) atoms. The zero-order valence-electron chi connectivity index (χ0n) is 20.5. The van der Waals surface area contributed by atoms with Crippen molar-refractivity contribution in [2.24, 2.45) is 11.8 Å². The van der Waals surface area contributed by atoms with E-state index in [9.17, 15) is 22.8 Å². The van der Waals surface area contributed by atoms with Crippen LogP contribution in [0.25, 0.3) is 0 Å². The number of piperidine rings is 1. The molecule has 3 heterocycles. The van der Waals surface area contributed by atoms with Gasteiger partial charge in [0.05, 0.1) is 15.6 Å². The number of carbonyl (C=O) groups excluding carboxylic acids is 2. The third-order valence-electron chi connectivity index (χ3n) is 7.31. The molecule has 2 aliphatic rings. The Morgan fingerprint density at radius 2 is 1.76 bits per heavy atom. The van der Waals surface area contributed by atoms with E-state index in [0.29, 0.717) is 49.1 Å². The highest BCUT2D eigenvalue weighted by molar-refractivity contribution is 6.42. The molecule has 3 atom stereocenters. The second-order valence-corrected chi connectivity index (χ2v) is 10.5. The minimum Gasteiger partial charge on any atom is -0.474 e. The standard InChI is InChI=1S/C26H28Cl2F3N3O3/c1-15(37-24-6-4-19(12-32-24)26(29,30)31)20-13-34(14-21(20)18-3-5-22(27)23(28)11-18)25(36)17-7-9-33(10-8-17)16(2)35/h3-6,11-12,15,17,20-21H,7-10,13-14H2,1-2H3. The number of alkyl halides is 3. The van der Waals surface area contributed by atoms with E-state index in [0.717, 1.165) is 17.8 Å². The van der Waals surface area contributed by atoms with Crippen LogP contribution in [0.4, 0.5) is 13.2 Å². The second-order valence-electron chi connectivity index (χ2n) is 9.67. The van der Waals surface area contributed by atoms with Gasteiger partial charge in [-0.05, 0) is 43.5 Å². The summed E-state index contributed by atoms with van der Waals surface area (Å²) in [5.74, 6) is -0.334. The van der Waals surface area contributed by atoms with E-state index in [1.807, 2.05) is 17.9 Å². The van der Waals surface area contributed by atoms with Gasteiger partial charge in [-0.3, -0.25) is 9.59 Å². The van der Waals surface area contributed by atoms with E-state index < -0.39 is 17.8 Å². The number of carbonyl (C=O) groups is 2. The average Bonchev–Trinajstić information content (AvgIpc) is 3.31. The second kappa shape index (κ2) is 11.1. The van der Waals surface area contributed by atoms with Gasteiger partial charge < -0.3 is 14.5 Å². The fourth-order valence-electron chi connectivity index (χ4n) is 5.18. The van der Waals surface area contributed by atoms with Crippen molar-refractivity contribution >= 4 is 35.0 Å². The summed E-state index contributed by atoms with van der Waals surface area (Å²) in [6, 6.07) is 7.50. The van der Waals surface area contributed by atoms with E-state index in [1.165, 1.54) is 13.0 Å². The lowest BCUT2D eigenvalue weighted by Gasteiger charge is -2.32. The maximum absolute atomic E-state index is 13.4. The molecule has 0 aliphatic carbocycles. The van der Waals surface area contributed by atoms with Crippen LogP contribution in [0.2, 0.25) is 10.0 Å². The van der Waals surface area contributed by atoms with Crippen LogP contribution in [-0.4, -0.2) is 58.9 Å². The molecule has 2 aliphatic heterocycles. The number of amides is 2. The van der Waals surface area contributed by atoms with Crippen LogP contribution < -0.4 is 4.74 Å². The number of aromatic nitrogens is 1. The normalized spacial score (nSPS) is 21.7.